The highest BCUT2D eigenvalue weighted by atomic mass is 16.5. The van der Waals surface area contributed by atoms with Crippen LogP contribution in [0.4, 0.5) is 0 Å². The summed E-state index contributed by atoms with van der Waals surface area (Å²) in [4.78, 5) is 14.8. The Morgan fingerprint density at radius 1 is 1.27 bits per heavy atom. The third kappa shape index (κ3) is 3.74. The Hall–Kier alpha value is -2.37. The van der Waals surface area contributed by atoms with Gasteiger partial charge in [-0.15, -0.1) is 5.10 Å². The van der Waals surface area contributed by atoms with Crippen LogP contribution >= 0.6 is 0 Å². The molecule has 1 aromatic carbocycles. The second-order valence-corrected chi connectivity index (χ2v) is 7.33. The summed E-state index contributed by atoms with van der Waals surface area (Å²) in [6, 6.07) is 8.15. The summed E-state index contributed by atoms with van der Waals surface area (Å²) >= 11 is 0. The fraction of sp³-hybridized carbons (Fsp3) is 0.550. The highest BCUT2D eigenvalue weighted by Crippen LogP contribution is 2.38. The minimum Gasteiger partial charge on any atom is -0.496 e. The topological polar surface area (TPSA) is 60.2 Å². The molecule has 0 spiro atoms. The number of aromatic nitrogens is 3. The van der Waals surface area contributed by atoms with Gasteiger partial charge in [-0.2, -0.15) is 0 Å². The number of likely N-dealkylation sites (tertiary alicyclic amines) is 1. The molecule has 138 valence electrons. The lowest BCUT2D eigenvalue weighted by Crippen LogP contribution is -2.38. The average molecular weight is 354 g/mol. The fourth-order valence-corrected chi connectivity index (χ4v) is 3.83. The van der Waals surface area contributed by atoms with Crippen molar-refractivity contribution in [1.82, 2.24) is 19.9 Å². The number of para-hydroxylation sites is 1. The number of hydrogen-bond acceptors (Lipinski definition) is 4. The molecule has 1 saturated heterocycles. The predicted molar refractivity (Wildman–Crippen MR) is 98.0 cm³/mol. The van der Waals surface area contributed by atoms with Crippen molar-refractivity contribution in [3.8, 4) is 5.75 Å². The normalized spacial score (nSPS) is 19.7. The van der Waals surface area contributed by atoms with Crippen molar-refractivity contribution in [3.63, 3.8) is 0 Å². The van der Waals surface area contributed by atoms with Gasteiger partial charge < -0.3 is 9.64 Å². The lowest BCUT2D eigenvalue weighted by molar-refractivity contribution is -0.132. The van der Waals surface area contributed by atoms with Crippen molar-refractivity contribution in [3.05, 3.63) is 41.7 Å². The van der Waals surface area contributed by atoms with Crippen LogP contribution in [0, 0.1) is 0 Å². The van der Waals surface area contributed by atoms with Gasteiger partial charge in [0.05, 0.1) is 25.4 Å². The van der Waals surface area contributed by atoms with E-state index in [4.69, 9.17) is 4.74 Å². The standard InChI is InChI=1S/C20H26N4O2/c1-26-19-7-3-2-5-16(19)10-11-20(25)24-12-4-6-17(24)13-23-14-18(21-22-23)15-8-9-15/h2-3,5,7,14-15,17H,4,6,8-13H2,1H3/t17-/m0/s1. The number of hydrogen-bond donors (Lipinski definition) is 0. The first kappa shape index (κ1) is 17.1. The van der Waals surface area contributed by atoms with Gasteiger partial charge in [-0.1, -0.05) is 23.4 Å². The summed E-state index contributed by atoms with van der Waals surface area (Å²) in [6.07, 6.45) is 7.86. The maximum atomic E-state index is 12.8. The molecule has 2 heterocycles. The summed E-state index contributed by atoms with van der Waals surface area (Å²) in [5.74, 6) is 1.69. The molecule has 0 N–H and O–H groups in total. The Kier molecular flexibility index (Phi) is 4.91. The lowest BCUT2D eigenvalue weighted by atomic mass is 10.1. The van der Waals surface area contributed by atoms with Crippen molar-refractivity contribution in [2.45, 2.75) is 57.0 Å². The summed E-state index contributed by atoms with van der Waals surface area (Å²) in [6.45, 7) is 1.60. The molecule has 1 amide bonds. The molecule has 1 saturated carbocycles. The van der Waals surface area contributed by atoms with Crippen LogP contribution in [-0.4, -0.2) is 45.5 Å². The summed E-state index contributed by atoms with van der Waals surface area (Å²) < 4.78 is 7.31. The Morgan fingerprint density at radius 2 is 2.12 bits per heavy atom. The monoisotopic (exact) mass is 354 g/mol. The fourth-order valence-electron chi connectivity index (χ4n) is 3.83. The Balaban J connectivity index is 1.35. The van der Waals surface area contributed by atoms with E-state index >= 15 is 0 Å². The number of methoxy groups -OCH3 is 1. The molecule has 4 rings (SSSR count). The zero-order valence-corrected chi connectivity index (χ0v) is 15.3. The Morgan fingerprint density at radius 3 is 2.92 bits per heavy atom. The Bertz CT molecular complexity index is 769. The van der Waals surface area contributed by atoms with Crippen molar-refractivity contribution >= 4 is 5.91 Å². The molecular formula is C20H26N4O2. The van der Waals surface area contributed by atoms with Crippen LogP contribution in [0.25, 0.3) is 0 Å². The van der Waals surface area contributed by atoms with Gasteiger partial charge in [0.2, 0.25) is 5.91 Å². The zero-order valence-electron chi connectivity index (χ0n) is 15.3. The van der Waals surface area contributed by atoms with Gasteiger partial charge in [-0.25, -0.2) is 0 Å². The van der Waals surface area contributed by atoms with Gasteiger partial charge >= 0.3 is 0 Å². The average Bonchev–Trinajstić information content (AvgIpc) is 3.24. The van der Waals surface area contributed by atoms with Crippen molar-refractivity contribution in [1.29, 1.82) is 0 Å². The van der Waals surface area contributed by atoms with Crippen LogP contribution in [0.5, 0.6) is 5.75 Å². The predicted octanol–water partition coefficient (Wildman–Crippen LogP) is 2.79. The summed E-state index contributed by atoms with van der Waals surface area (Å²) in [7, 11) is 1.67. The van der Waals surface area contributed by atoms with E-state index in [1.165, 1.54) is 12.8 Å². The van der Waals surface area contributed by atoms with Crippen molar-refractivity contribution in [2.24, 2.45) is 0 Å². The van der Waals surface area contributed by atoms with Gasteiger partial charge in [-0.3, -0.25) is 9.48 Å². The highest BCUT2D eigenvalue weighted by Gasteiger charge is 2.30. The van der Waals surface area contributed by atoms with Crippen LogP contribution in [-0.2, 0) is 17.8 Å². The second-order valence-electron chi connectivity index (χ2n) is 7.33. The molecule has 26 heavy (non-hydrogen) atoms. The lowest BCUT2D eigenvalue weighted by Gasteiger charge is -2.24. The van der Waals surface area contributed by atoms with Gasteiger partial charge in [-0.05, 0) is 43.7 Å². The molecule has 1 atom stereocenters. The number of benzene rings is 1. The smallest absolute Gasteiger partial charge is 0.223 e. The highest BCUT2D eigenvalue weighted by molar-refractivity contribution is 5.77. The third-order valence-corrected chi connectivity index (χ3v) is 5.45. The van der Waals surface area contributed by atoms with Crippen molar-refractivity contribution in [2.75, 3.05) is 13.7 Å². The van der Waals surface area contributed by atoms with Gasteiger partial charge in [0.15, 0.2) is 0 Å². The first-order valence-electron chi connectivity index (χ1n) is 9.56. The quantitative estimate of drug-likeness (QED) is 0.767. The number of rotatable bonds is 7. The molecule has 1 aromatic heterocycles. The van der Waals surface area contributed by atoms with Crippen LogP contribution in [0.2, 0.25) is 0 Å². The number of carbonyl (C=O) groups excluding carboxylic acids is 1. The number of ether oxygens (including phenoxy) is 1. The van der Waals surface area contributed by atoms with E-state index in [1.54, 1.807) is 7.11 Å². The third-order valence-electron chi connectivity index (χ3n) is 5.45. The molecule has 2 aromatic rings. The summed E-state index contributed by atoms with van der Waals surface area (Å²) in [5.41, 5.74) is 2.20. The SMILES string of the molecule is COc1ccccc1CCC(=O)N1CCC[C@H]1Cn1cc(C2CC2)nn1. The van der Waals surface area contributed by atoms with Crippen molar-refractivity contribution < 1.29 is 9.53 Å². The van der Waals surface area contributed by atoms with Crippen LogP contribution in [0.3, 0.4) is 0 Å². The molecular weight excluding hydrogens is 328 g/mol. The summed E-state index contributed by atoms with van der Waals surface area (Å²) in [5, 5.41) is 8.54. The maximum absolute atomic E-state index is 12.8. The van der Waals surface area contributed by atoms with Gasteiger partial charge in [0, 0.05) is 25.1 Å². The first-order chi connectivity index (χ1) is 12.7. The molecule has 6 heteroatoms. The van der Waals surface area contributed by atoms with Crippen LogP contribution in [0.15, 0.2) is 30.5 Å². The van der Waals surface area contributed by atoms with E-state index < -0.39 is 0 Å². The minimum atomic E-state index is 0.223. The van der Waals surface area contributed by atoms with Gasteiger partial charge in [0.1, 0.15) is 5.75 Å². The molecule has 1 aliphatic heterocycles. The van der Waals surface area contributed by atoms with E-state index in [2.05, 4.69) is 16.5 Å². The Labute approximate surface area is 154 Å². The van der Waals surface area contributed by atoms with Gasteiger partial charge in [0.25, 0.3) is 0 Å². The largest absolute Gasteiger partial charge is 0.496 e. The molecule has 2 aliphatic rings. The molecule has 6 nitrogen and oxygen atoms in total. The first-order valence-corrected chi connectivity index (χ1v) is 9.56. The van der Waals surface area contributed by atoms with E-state index in [1.807, 2.05) is 33.8 Å². The van der Waals surface area contributed by atoms with E-state index in [0.717, 1.165) is 42.9 Å². The number of nitrogens with zero attached hydrogens (tertiary/aromatic N) is 4. The zero-order chi connectivity index (χ0) is 17.9. The number of carbonyl (C=O) groups is 1. The number of amides is 1. The maximum Gasteiger partial charge on any atom is 0.223 e. The van der Waals surface area contributed by atoms with E-state index in [-0.39, 0.29) is 11.9 Å². The van der Waals surface area contributed by atoms with Crippen LogP contribution < -0.4 is 4.74 Å². The number of aryl methyl sites for hydroxylation is 1. The minimum absolute atomic E-state index is 0.223. The van der Waals surface area contributed by atoms with Crippen LogP contribution in [0.1, 0.15) is 49.3 Å². The molecule has 2 fully saturated rings. The molecule has 1 aliphatic carbocycles. The van der Waals surface area contributed by atoms with E-state index in [0.29, 0.717) is 18.8 Å². The molecule has 0 radical (unpaired) electrons. The molecule has 0 unspecified atom stereocenters. The second kappa shape index (κ2) is 7.48. The molecule has 0 bridgehead atoms. The van der Waals surface area contributed by atoms with E-state index in [9.17, 15) is 4.79 Å².